The molecule has 18 heavy (non-hydrogen) atoms. The van der Waals surface area contributed by atoms with Gasteiger partial charge in [0.05, 0.1) is 12.1 Å². The highest BCUT2D eigenvalue weighted by Crippen LogP contribution is 2.07. The number of hydrogen-bond donors (Lipinski definition) is 2. The number of unbranched alkanes of at least 4 members (excludes halogenated alkanes) is 2. The van der Waals surface area contributed by atoms with Crippen molar-refractivity contribution in [1.82, 2.24) is 5.32 Å². The Morgan fingerprint density at radius 2 is 2.11 bits per heavy atom. The zero-order valence-corrected chi connectivity index (χ0v) is 10.8. The lowest BCUT2D eigenvalue weighted by Crippen LogP contribution is -2.25. The van der Waals surface area contributed by atoms with Crippen molar-refractivity contribution < 1.29 is 4.79 Å². The summed E-state index contributed by atoms with van der Waals surface area (Å²) >= 11 is 0. The van der Waals surface area contributed by atoms with Gasteiger partial charge in [-0.1, -0.05) is 43.7 Å². The Morgan fingerprint density at radius 1 is 1.33 bits per heavy atom. The van der Waals surface area contributed by atoms with E-state index in [9.17, 15) is 4.79 Å². The van der Waals surface area contributed by atoms with Gasteiger partial charge in [0.15, 0.2) is 0 Å². The molecule has 3 N–H and O–H groups in total. The predicted molar refractivity (Wildman–Crippen MR) is 74.2 cm³/mol. The normalized spacial score (nSPS) is 9.44. The van der Waals surface area contributed by atoms with Gasteiger partial charge in [0, 0.05) is 12.1 Å². The van der Waals surface area contributed by atoms with Crippen LogP contribution in [0.5, 0.6) is 0 Å². The van der Waals surface area contributed by atoms with Crippen LogP contribution in [0.1, 0.15) is 42.1 Å². The Morgan fingerprint density at radius 3 is 2.83 bits per heavy atom. The minimum atomic E-state index is -0.0620. The molecule has 3 heteroatoms. The van der Waals surface area contributed by atoms with Gasteiger partial charge in [-0.25, -0.2) is 0 Å². The van der Waals surface area contributed by atoms with Crippen molar-refractivity contribution >= 4 is 5.91 Å². The molecule has 0 aromatic heterocycles. The lowest BCUT2D eigenvalue weighted by Gasteiger charge is -2.06. The number of nitrogens with one attached hydrogen (secondary N) is 1. The molecule has 0 bridgehead atoms. The van der Waals surface area contributed by atoms with Crippen molar-refractivity contribution in [2.45, 2.75) is 26.2 Å². The molecule has 1 aromatic rings. The maximum atomic E-state index is 12.0. The van der Waals surface area contributed by atoms with Crippen LogP contribution >= 0.6 is 0 Å². The van der Waals surface area contributed by atoms with E-state index in [1.54, 1.807) is 6.07 Å². The first-order valence-electron chi connectivity index (χ1n) is 6.35. The van der Waals surface area contributed by atoms with E-state index in [1.165, 1.54) is 0 Å². The second-order valence-corrected chi connectivity index (χ2v) is 4.01. The first-order chi connectivity index (χ1) is 8.79. The molecular weight excluding hydrogens is 224 g/mol. The fourth-order valence-electron chi connectivity index (χ4n) is 1.61. The zero-order chi connectivity index (χ0) is 13.2. The van der Waals surface area contributed by atoms with E-state index in [0.717, 1.165) is 24.8 Å². The number of hydrogen-bond acceptors (Lipinski definition) is 2. The fraction of sp³-hybridized carbons (Fsp3) is 0.400. The fourth-order valence-corrected chi connectivity index (χ4v) is 1.61. The van der Waals surface area contributed by atoms with Crippen LogP contribution in [0.2, 0.25) is 0 Å². The first kappa shape index (κ1) is 14.3. The SMILES string of the molecule is CCCCCNC(=O)c1ccccc1C#CCN. The van der Waals surface area contributed by atoms with E-state index in [-0.39, 0.29) is 5.91 Å². The van der Waals surface area contributed by atoms with Gasteiger partial charge in [-0.15, -0.1) is 0 Å². The average molecular weight is 244 g/mol. The molecule has 0 radical (unpaired) electrons. The Balaban J connectivity index is 2.67. The highest BCUT2D eigenvalue weighted by atomic mass is 16.1. The second kappa shape index (κ2) is 8.32. The lowest BCUT2D eigenvalue weighted by molar-refractivity contribution is 0.0952. The van der Waals surface area contributed by atoms with E-state index in [2.05, 4.69) is 24.1 Å². The number of amides is 1. The minimum Gasteiger partial charge on any atom is -0.352 e. The molecular formula is C15H20N2O. The van der Waals surface area contributed by atoms with Gasteiger partial charge in [0.2, 0.25) is 0 Å². The number of carbonyl (C=O) groups excluding carboxylic acids is 1. The van der Waals surface area contributed by atoms with Crippen molar-refractivity contribution in [3.8, 4) is 11.8 Å². The Hall–Kier alpha value is -1.79. The molecule has 0 fully saturated rings. The second-order valence-electron chi connectivity index (χ2n) is 4.01. The molecule has 0 spiro atoms. The largest absolute Gasteiger partial charge is 0.352 e. The van der Waals surface area contributed by atoms with E-state index in [1.807, 2.05) is 18.2 Å². The van der Waals surface area contributed by atoms with Gasteiger partial charge >= 0.3 is 0 Å². The zero-order valence-electron chi connectivity index (χ0n) is 10.8. The standard InChI is InChI=1S/C15H20N2O/c1-2-3-6-12-17-15(18)14-10-5-4-8-13(14)9-7-11-16/h4-5,8,10H,2-3,6,11-12,16H2,1H3,(H,17,18). The van der Waals surface area contributed by atoms with Gasteiger partial charge in [-0.05, 0) is 18.6 Å². The third kappa shape index (κ3) is 4.60. The average Bonchev–Trinajstić information content (AvgIpc) is 2.41. The van der Waals surface area contributed by atoms with Crippen LogP contribution < -0.4 is 11.1 Å². The van der Waals surface area contributed by atoms with Gasteiger partial charge in [-0.3, -0.25) is 4.79 Å². The summed E-state index contributed by atoms with van der Waals surface area (Å²) in [5.74, 6) is 5.63. The van der Waals surface area contributed by atoms with Crippen LogP contribution in [0.25, 0.3) is 0 Å². The molecule has 1 rings (SSSR count). The number of nitrogens with two attached hydrogens (primary N) is 1. The Kier molecular flexibility index (Phi) is 6.60. The van der Waals surface area contributed by atoms with E-state index >= 15 is 0 Å². The molecule has 0 saturated carbocycles. The van der Waals surface area contributed by atoms with Crippen LogP contribution in [0.4, 0.5) is 0 Å². The summed E-state index contributed by atoms with van der Waals surface area (Å²) in [6, 6.07) is 7.34. The molecule has 0 saturated heterocycles. The topological polar surface area (TPSA) is 55.1 Å². The maximum Gasteiger partial charge on any atom is 0.252 e. The lowest BCUT2D eigenvalue weighted by atomic mass is 10.1. The quantitative estimate of drug-likeness (QED) is 0.614. The highest BCUT2D eigenvalue weighted by molar-refractivity contribution is 5.96. The van der Waals surface area contributed by atoms with Crippen molar-refractivity contribution in [2.24, 2.45) is 5.73 Å². The number of rotatable bonds is 5. The number of benzene rings is 1. The predicted octanol–water partition coefficient (Wildman–Crippen LogP) is 1.92. The highest BCUT2D eigenvalue weighted by Gasteiger charge is 2.08. The third-order valence-electron chi connectivity index (χ3n) is 2.56. The first-order valence-corrected chi connectivity index (χ1v) is 6.35. The summed E-state index contributed by atoms with van der Waals surface area (Å²) in [7, 11) is 0. The third-order valence-corrected chi connectivity index (χ3v) is 2.56. The molecule has 1 aromatic carbocycles. The van der Waals surface area contributed by atoms with Crippen molar-refractivity contribution in [3.05, 3.63) is 35.4 Å². The summed E-state index contributed by atoms with van der Waals surface area (Å²) in [4.78, 5) is 12.0. The van der Waals surface area contributed by atoms with E-state index < -0.39 is 0 Å². The summed E-state index contributed by atoms with van der Waals surface area (Å²) < 4.78 is 0. The van der Waals surface area contributed by atoms with Crippen molar-refractivity contribution in [3.63, 3.8) is 0 Å². The molecule has 0 aliphatic heterocycles. The van der Waals surface area contributed by atoms with Crippen LogP contribution in [0.3, 0.4) is 0 Å². The van der Waals surface area contributed by atoms with E-state index in [0.29, 0.717) is 18.7 Å². The molecule has 96 valence electrons. The smallest absolute Gasteiger partial charge is 0.252 e. The molecule has 1 amide bonds. The molecule has 0 unspecified atom stereocenters. The van der Waals surface area contributed by atoms with Gasteiger partial charge in [0.1, 0.15) is 0 Å². The van der Waals surface area contributed by atoms with Crippen LogP contribution in [0.15, 0.2) is 24.3 Å². The van der Waals surface area contributed by atoms with Gasteiger partial charge in [-0.2, -0.15) is 0 Å². The van der Waals surface area contributed by atoms with Gasteiger partial charge in [0.25, 0.3) is 5.91 Å². The van der Waals surface area contributed by atoms with Crippen molar-refractivity contribution in [2.75, 3.05) is 13.1 Å². The van der Waals surface area contributed by atoms with Gasteiger partial charge < -0.3 is 11.1 Å². The number of carbonyl (C=O) groups is 1. The van der Waals surface area contributed by atoms with Crippen LogP contribution in [0, 0.1) is 11.8 Å². The van der Waals surface area contributed by atoms with Crippen LogP contribution in [-0.2, 0) is 0 Å². The van der Waals surface area contributed by atoms with E-state index in [4.69, 9.17) is 5.73 Å². The summed E-state index contributed by atoms with van der Waals surface area (Å²) in [5, 5.41) is 2.91. The molecule has 0 aliphatic carbocycles. The summed E-state index contributed by atoms with van der Waals surface area (Å²) in [6.45, 7) is 3.15. The summed E-state index contributed by atoms with van der Waals surface area (Å²) in [6.07, 6.45) is 3.29. The summed E-state index contributed by atoms with van der Waals surface area (Å²) in [5.41, 5.74) is 6.69. The molecule has 0 atom stereocenters. The minimum absolute atomic E-state index is 0.0620. The monoisotopic (exact) mass is 244 g/mol. The Bertz CT molecular complexity index is 443. The molecule has 0 heterocycles. The van der Waals surface area contributed by atoms with Crippen molar-refractivity contribution in [1.29, 1.82) is 0 Å². The molecule has 3 nitrogen and oxygen atoms in total. The van der Waals surface area contributed by atoms with Crippen LogP contribution in [-0.4, -0.2) is 19.0 Å². The molecule has 0 aliphatic rings. The Labute approximate surface area is 109 Å². The maximum absolute atomic E-state index is 12.0.